The summed E-state index contributed by atoms with van der Waals surface area (Å²) in [6.07, 6.45) is 0. The number of hydrogen-bond donors (Lipinski definition) is 2. The minimum atomic E-state index is -0.462. The molecule has 0 aliphatic heterocycles. The number of nitrogens with zero attached hydrogens (tertiary/aromatic N) is 2. The van der Waals surface area contributed by atoms with E-state index in [1.54, 1.807) is 0 Å². The number of hydrogen-bond acceptors (Lipinski definition) is 4. The van der Waals surface area contributed by atoms with Crippen LogP contribution >= 0.6 is 0 Å². The Morgan fingerprint density at radius 2 is 2.12 bits per heavy atom. The minimum Gasteiger partial charge on any atom is -0.385 e. The van der Waals surface area contributed by atoms with Crippen LogP contribution < -0.4 is 17.0 Å². The summed E-state index contributed by atoms with van der Waals surface area (Å²) in [5.74, 6) is 0.200. The maximum atomic E-state index is 11.5. The molecular formula is C10H18N4O2. The lowest BCUT2D eigenvalue weighted by Crippen LogP contribution is -2.36. The first-order valence-corrected chi connectivity index (χ1v) is 5.21. The Labute approximate surface area is 93.7 Å². The second-order valence-corrected chi connectivity index (χ2v) is 4.09. The fourth-order valence-corrected chi connectivity index (χ4v) is 1.29. The van der Waals surface area contributed by atoms with Crippen molar-refractivity contribution in [2.75, 3.05) is 19.3 Å². The van der Waals surface area contributed by atoms with Crippen LogP contribution in [0, 0.1) is 0 Å². The van der Waals surface area contributed by atoms with Crippen LogP contribution in [0.5, 0.6) is 0 Å². The summed E-state index contributed by atoms with van der Waals surface area (Å²) in [4.78, 5) is 26.7. The Kier molecular flexibility index (Phi) is 3.89. The minimum absolute atomic E-state index is 0.200. The Balaban J connectivity index is 2.83. The van der Waals surface area contributed by atoms with Crippen molar-refractivity contribution in [3.05, 3.63) is 26.9 Å². The van der Waals surface area contributed by atoms with Gasteiger partial charge in [-0.3, -0.25) is 14.3 Å². The van der Waals surface area contributed by atoms with E-state index in [1.807, 2.05) is 7.05 Å². The third-order valence-corrected chi connectivity index (χ3v) is 2.62. The highest BCUT2D eigenvalue weighted by molar-refractivity contribution is 5.26. The lowest BCUT2D eigenvalue weighted by atomic mass is 10.3. The van der Waals surface area contributed by atoms with Crippen molar-refractivity contribution in [1.82, 2.24) is 14.5 Å². The van der Waals surface area contributed by atoms with Gasteiger partial charge in [0.2, 0.25) is 0 Å². The molecule has 16 heavy (non-hydrogen) atoms. The molecule has 0 amide bonds. The number of nitrogen functional groups attached to an aromatic ring is 1. The molecule has 1 rings (SSSR count). The third-order valence-electron chi connectivity index (χ3n) is 2.62. The smallest absolute Gasteiger partial charge is 0.329 e. The Morgan fingerprint density at radius 3 is 2.62 bits per heavy atom. The Morgan fingerprint density at radius 1 is 1.50 bits per heavy atom. The molecule has 0 aromatic carbocycles. The van der Waals surface area contributed by atoms with Crippen molar-refractivity contribution >= 4 is 5.82 Å². The van der Waals surface area contributed by atoms with E-state index in [0.29, 0.717) is 19.1 Å². The number of anilines is 1. The number of likely N-dealkylation sites (N-methyl/N-ethyl adjacent to an activating group) is 1. The number of H-pyrrole nitrogens is 1. The molecule has 0 bridgehead atoms. The average molecular weight is 226 g/mol. The van der Waals surface area contributed by atoms with Crippen LogP contribution in [0.4, 0.5) is 5.82 Å². The van der Waals surface area contributed by atoms with E-state index >= 15 is 0 Å². The normalized spacial score (nSPS) is 11.3. The Bertz CT molecular complexity index is 461. The van der Waals surface area contributed by atoms with Gasteiger partial charge in [-0.1, -0.05) is 0 Å². The lowest BCUT2D eigenvalue weighted by molar-refractivity contribution is 0.262. The average Bonchev–Trinajstić information content (AvgIpc) is 2.15. The largest absolute Gasteiger partial charge is 0.385 e. The first-order valence-electron chi connectivity index (χ1n) is 5.21. The molecule has 0 saturated carbocycles. The fourth-order valence-electron chi connectivity index (χ4n) is 1.29. The molecule has 0 atom stereocenters. The zero-order chi connectivity index (χ0) is 12.3. The van der Waals surface area contributed by atoms with E-state index in [-0.39, 0.29) is 5.82 Å². The van der Waals surface area contributed by atoms with E-state index in [1.165, 1.54) is 10.6 Å². The first-order chi connectivity index (χ1) is 7.41. The van der Waals surface area contributed by atoms with Gasteiger partial charge >= 0.3 is 5.69 Å². The molecular weight excluding hydrogens is 208 g/mol. The molecule has 0 aliphatic rings. The molecule has 0 saturated heterocycles. The van der Waals surface area contributed by atoms with Gasteiger partial charge in [0, 0.05) is 25.2 Å². The molecule has 1 aromatic rings. The molecule has 1 aromatic heterocycles. The van der Waals surface area contributed by atoms with Crippen LogP contribution in [-0.4, -0.2) is 34.1 Å². The number of aromatic amines is 1. The Hall–Kier alpha value is -1.56. The maximum Gasteiger partial charge on any atom is 0.329 e. The quantitative estimate of drug-likeness (QED) is 0.722. The van der Waals surface area contributed by atoms with Crippen molar-refractivity contribution in [2.24, 2.45) is 0 Å². The predicted molar refractivity (Wildman–Crippen MR) is 63.5 cm³/mol. The van der Waals surface area contributed by atoms with Crippen molar-refractivity contribution in [3.63, 3.8) is 0 Å². The van der Waals surface area contributed by atoms with E-state index in [2.05, 4.69) is 23.7 Å². The third kappa shape index (κ3) is 2.96. The van der Waals surface area contributed by atoms with Gasteiger partial charge in [0.1, 0.15) is 5.82 Å². The van der Waals surface area contributed by atoms with Gasteiger partial charge in [0.25, 0.3) is 5.56 Å². The standard InChI is InChI=1S/C10H18N4O2/c1-7(2)13(3)4-5-14-8(11)6-9(15)12-10(14)16/h6-7H,4-5,11H2,1-3H3,(H,12,15,16). The molecule has 0 aliphatic carbocycles. The molecule has 1 heterocycles. The number of aromatic nitrogens is 2. The SMILES string of the molecule is CC(C)N(C)CCn1c(N)cc(=O)[nH]c1=O. The van der Waals surface area contributed by atoms with Crippen molar-refractivity contribution in [1.29, 1.82) is 0 Å². The number of nitrogens with two attached hydrogens (primary N) is 1. The molecule has 0 unspecified atom stereocenters. The summed E-state index contributed by atoms with van der Waals surface area (Å²) < 4.78 is 1.36. The van der Waals surface area contributed by atoms with Crippen LogP contribution in [0.1, 0.15) is 13.8 Å². The van der Waals surface area contributed by atoms with Gasteiger partial charge in [-0.15, -0.1) is 0 Å². The summed E-state index contributed by atoms with van der Waals surface area (Å²) >= 11 is 0. The highest BCUT2D eigenvalue weighted by Crippen LogP contribution is 1.97. The highest BCUT2D eigenvalue weighted by Gasteiger charge is 2.06. The van der Waals surface area contributed by atoms with E-state index < -0.39 is 11.2 Å². The molecule has 0 fully saturated rings. The van der Waals surface area contributed by atoms with Crippen LogP contribution in [0.25, 0.3) is 0 Å². The van der Waals surface area contributed by atoms with Crippen LogP contribution in [0.2, 0.25) is 0 Å². The number of rotatable bonds is 4. The summed E-state index contributed by atoms with van der Waals surface area (Å²) in [7, 11) is 1.97. The second kappa shape index (κ2) is 4.98. The summed E-state index contributed by atoms with van der Waals surface area (Å²) in [5.41, 5.74) is 4.69. The van der Waals surface area contributed by atoms with Crippen LogP contribution in [-0.2, 0) is 6.54 Å². The van der Waals surface area contributed by atoms with Crippen molar-refractivity contribution in [3.8, 4) is 0 Å². The first kappa shape index (κ1) is 12.5. The predicted octanol–water partition coefficient (Wildman–Crippen LogP) is -0.541. The molecule has 0 spiro atoms. The van der Waals surface area contributed by atoms with Crippen molar-refractivity contribution < 1.29 is 0 Å². The van der Waals surface area contributed by atoms with Gasteiger partial charge in [-0.05, 0) is 20.9 Å². The van der Waals surface area contributed by atoms with Gasteiger partial charge in [-0.25, -0.2) is 4.79 Å². The summed E-state index contributed by atoms with van der Waals surface area (Å²) in [6, 6.07) is 1.62. The zero-order valence-electron chi connectivity index (χ0n) is 9.86. The fraction of sp³-hybridized carbons (Fsp3) is 0.600. The van der Waals surface area contributed by atoms with Gasteiger partial charge in [0.05, 0.1) is 0 Å². The number of nitrogens with one attached hydrogen (secondary N) is 1. The summed E-state index contributed by atoms with van der Waals surface area (Å²) in [6.45, 7) is 5.31. The van der Waals surface area contributed by atoms with Crippen LogP contribution in [0.3, 0.4) is 0 Å². The van der Waals surface area contributed by atoms with Crippen molar-refractivity contribution in [2.45, 2.75) is 26.4 Å². The van der Waals surface area contributed by atoms with E-state index in [4.69, 9.17) is 5.73 Å². The monoisotopic (exact) mass is 226 g/mol. The molecule has 0 radical (unpaired) electrons. The second-order valence-electron chi connectivity index (χ2n) is 4.09. The van der Waals surface area contributed by atoms with Gasteiger partial charge in [0.15, 0.2) is 0 Å². The van der Waals surface area contributed by atoms with E-state index in [9.17, 15) is 9.59 Å². The van der Waals surface area contributed by atoms with Gasteiger partial charge < -0.3 is 10.6 Å². The van der Waals surface area contributed by atoms with E-state index in [0.717, 1.165) is 0 Å². The molecule has 6 nitrogen and oxygen atoms in total. The molecule has 3 N–H and O–H groups in total. The summed E-state index contributed by atoms with van der Waals surface area (Å²) in [5, 5.41) is 0. The zero-order valence-corrected chi connectivity index (χ0v) is 9.86. The van der Waals surface area contributed by atoms with Crippen LogP contribution in [0.15, 0.2) is 15.7 Å². The highest BCUT2D eigenvalue weighted by atomic mass is 16.2. The molecule has 6 heteroatoms. The maximum absolute atomic E-state index is 11.5. The molecule has 90 valence electrons. The topological polar surface area (TPSA) is 84.1 Å². The van der Waals surface area contributed by atoms with Gasteiger partial charge in [-0.2, -0.15) is 0 Å². The lowest BCUT2D eigenvalue weighted by Gasteiger charge is -2.21.